The number of likely N-dealkylation sites (N-methyl/N-ethyl adjacent to an activating group) is 1. The minimum Gasteiger partial charge on any atom is -0.495 e. The monoisotopic (exact) mass is 457 g/mol. The molecule has 34 heavy (non-hydrogen) atoms. The highest BCUT2D eigenvalue weighted by molar-refractivity contribution is 5.98. The normalized spacial score (nSPS) is 13.5. The number of hydrogen-bond acceptors (Lipinski definition) is 7. The molecule has 0 atom stereocenters. The lowest BCUT2D eigenvalue weighted by atomic mass is 9.99. The summed E-state index contributed by atoms with van der Waals surface area (Å²) in [5.41, 5.74) is 5.90. The molecule has 0 fully saturated rings. The highest BCUT2D eigenvalue weighted by Crippen LogP contribution is 2.33. The molecule has 0 saturated carbocycles. The predicted octanol–water partition coefficient (Wildman–Crippen LogP) is 3.26. The van der Waals surface area contributed by atoms with E-state index in [0.717, 1.165) is 30.9 Å². The molecule has 1 amide bonds. The van der Waals surface area contributed by atoms with E-state index in [0.29, 0.717) is 28.4 Å². The Morgan fingerprint density at radius 3 is 2.76 bits per heavy atom. The van der Waals surface area contributed by atoms with E-state index >= 15 is 0 Å². The molecular weight excluding hydrogens is 430 g/mol. The molecule has 5 rings (SSSR count). The van der Waals surface area contributed by atoms with E-state index in [4.69, 9.17) is 9.72 Å². The highest BCUT2D eigenvalue weighted by Gasteiger charge is 2.19. The van der Waals surface area contributed by atoms with E-state index in [-0.39, 0.29) is 5.91 Å². The number of nitrogens with one attached hydrogen (secondary N) is 1. The van der Waals surface area contributed by atoms with Gasteiger partial charge in [-0.1, -0.05) is 12.1 Å². The van der Waals surface area contributed by atoms with Crippen LogP contribution in [-0.2, 0) is 13.0 Å². The summed E-state index contributed by atoms with van der Waals surface area (Å²) < 4.78 is 7.47. The molecule has 0 aliphatic carbocycles. The highest BCUT2D eigenvalue weighted by atomic mass is 16.5. The van der Waals surface area contributed by atoms with Crippen LogP contribution in [0.2, 0.25) is 0 Å². The maximum absolute atomic E-state index is 12.7. The van der Waals surface area contributed by atoms with E-state index < -0.39 is 0 Å². The van der Waals surface area contributed by atoms with Gasteiger partial charge in [0.25, 0.3) is 5.91 Å². The van der Waals surface area contributed by atoms with E-state index in [1.54, 1.807) is 44.7 Å². The molecule has 2 aromatic carbocycles. The summed E-state index contributed by atoms with van der Waals surface area (Å²) in [6.07, 6.45) is 4.34. The number of carbonyl (C=O) groups is 1. The second kappa shape index (κ2) is 8.75. The lowest BCUT2D eigenvalue weighted by Gasteiger charge is -2.26. The fraction of sp³-hybridized carbons (Fsp3) is 0.280. The van der Waals surface area contributed by atoms with E-state index in [1.165, 1.54) is 11.1 Å². The van der Waals surface area contributed by atoms with Gasteiger partial charge in [-0.05, 0) is 48.9 Å². The van der Waals surface area contributed by atoms with Crippen LogP contribution in [0.25, 0.3) is 16.9 Å². The fourth-order valence-corrected chi connectivity index (χ4v) is 4.27. The van der Waals surface area contributed by atoms with Crippen molar-refractivity contribution in [3.63, 3.8) is 0 Å². The molecule has 2 aromatic heterocycles. The molecule has 1 aliphatic rings. The van der Waals surface area contributed by atoms with Crippen LogP contribution in [0.15, 0.2) is 48.9 Å². The standard InChI is InChI=1S/C25H27N7O2/c1-30(2)24(33)18-7-5-6-8-21(18)32-15-27-20-13-26-25(29-23(20)32)28-19-11-17-14-31(3)10-9-16(17)12-22(19)34-4/h5-8,11-13,15H,9-10,14H2,1-4H3,(H,26,28,29). The third-order valence-corrected chi connectivity index (χ3v) is 6.06. The summed E-state index contributed by atoms with van der Waals surface area (Å²) in [6.45, 7) is 1.92. The molecule has 1 N–H and O–H groups in total. The van der Waals surface area contributed by atoms with Crippen molar-refractivity contribution in [1.82, 2.24) is 29.3 Å². The zero-order chi connectivity index (χ0) is 23.8. The summed E-state index contributed by atoms with van der Waals surface area (Å²) >= 11 is 0. The number of imidazole rings is 1. The Labute approximate surface area is 198 Å². The number of carbonyl (C=O) groups excluding carboxylic acids is 1. The zero-order valence-corrected chi connectivity index (χ0v) is 19.7. The van der Waals surface area contributed by atoms with Gasteiger partial charge in [-0.15, -0.1) is 0 Å². The Kier molecular flexibility index (Phi) is 5.62. The summed E-state index contributed by atoms with van der Waals surface area (Å²) in [5.74, 6) is 1.09. The largest absolute Gasteiger partial charge is 0.495 e. The molecule has 0 bridgehead atoms. The van der Waals surface area contributed by atoms with Gasteiger partial charge in [-0.3, -0.25) is 9.36 Å². The molecule has 4 aromatic rings. The van der Waals surface area contributed by atoms with Gasteiger partial charge in [0.2, 0.25) is 5.95 Å². The fourth-order valence-electron chi connectivity index (χ4n) is 4.27. The average molecular weight is 458 g/mol. The average Bonchev–Trinajstić information content (AvgIpc) is 3.26. The van der Waals surface area contributed by atoms with E-state index in [2.05, 4.69) is 39.4 Å². The first-order valence-electron chi connectivity index (χ1n) is 11.1. The first kappa shape index (κ1) is 21.8. The van der Waals surface area contributed by atoms with Crippen LogP contribution in [0, 0.1) is 0 Å². The van der Waals surface area contributed by atoms with Crippen molar-refractivity contribution in [3.05, 3.63) is 65.6 Å². The van der Waals surface area contributed by atoms with Gasteiger partial charge >= 0.3 is 0 Å². The molecule has 9 heteroatoms. The number of aromatic nitrogens is 4. The molecule has 3 heterocycles. The van der Waals surface area contributed by atoms with Crippen LogP contribution in [-0.4, -0.2) is 70.0 Å². The number of ether oxygens (including phenoxy) is 1. The predicted molar refractivity (Wildman–Crippen MR) is 131 cm³/mol. The van der Waals surface area contributed by atoms with Crippen LogP contribution in [0.5, 0.6) is 5.75 Å². The van der Waals surface area contributed by atoms with Crippen molar-refractivity contribution >= 4 is 28.7 Å². The zero-order valence-electron chi connectivity index (χ0n) is 19.7. The van der Waals surface area contributed by atoms with E-state index in [1.807, 2.05) is 22.8 Å². The van der Waals surface area contributed by atoms with Crippen LogP contribution < -0.4 is 10.1 Å². The van der Waals surface area contributed by atoms with Crippen LogP contribution in [0.1, 0.15) is 21.5 Å². The number of rotatable bonds is 5. The van der Waals surface area contributed by atoms with Gasteiger partial charge in [0.15, 0.2) is 5.65 Å². The quantitative estimate of drug-likeness (QED) is 0.492. The summed E-state index contributed by atoms with van der Waals surface area (Å²) in [7, 11) is 7.26. The first-order valence-corrected chi connectivity index (χ1v) is 11.1. The van der Waals surface area contributed by atoms with Gasteiger partial charge < -0.3 is 19.9 Å². The maximum atomic E-state index is 12.7. The molecule has 0 saturated heterocycles. The van der Waals surface area contributed by atoms with Crippen molar-refractivity contribution in [2.24, 2.45) is 0 Å². The summed E-state index contributed by atoms with van der Waals surface area (Å²) in [4.78, 5) is 30.2. The lowest BCUT2D eigenvalue weighted by molar-refractivity contribution is 0.0827. The third kappa shape index (κ3) is 3.94. The number of hydrogen-bond donors (Lipinski definition) is 1. The minimum absolute atomic E-state index is 0.0892. The molecule has 174 valence electrons. The molecular formula is C25H27N7O2. The number of nitrogens with zero attached hydrogens (tertiary/aromatic N) is 6. The van der Waals surface area contributed by atoms with Crippen molar-refractivity contribution in [2.45, 2.75) is 13.0 Å². The third-order valence-electron chi connectivity index (χ3n) is 6.06. The lowest BCUT2D eigenvalue weighted by Crippen LogP contribution is -2.26. The van der Waals surface area contributed by atoms with Gasteiger partial charge in [-0.2, -0.15) is 4.98 Å². The SMILES string of the molecule is COc1cc2c(cc1Nc1ncc3ncn(-c4ccccc4C(=O)N(C)C)c3n1)CN(C)CC2. The number of methoxy groups -OCH3 is 1. The maximum Gasteiger partial charge on any atom is 0.255 e. The smallest absolute Gasteiger partial charge is 0.255 e. The topological polar surface area (TPSA) is 88.4 Å². The summed E-state index contributed by atoms with van der Waals surface area (Å²) in [6, 6.07) is 11.6. The molecule has 9 nitrogen and oxygen atoms in total. The number of benzene rings is 2. The van der Waals surface area contributed by atoms with Crippen molar-refractivity contribution in [2.75, 3.05) is 40.1 Å². The van der Waals surface area contributed by atoms with Crippen LogP contribution in [0.4, 0.5) is 11.6 Å². The van der Waals surface area contributed by atoms with Crippen molar-refractivity contribution in [1.29, 1.82) is 0 Å². The molecule has 0 radical (unpaired) electrons. The number of para-hydroxylation sites is 1. The number of fused-ring (bicyclic) bond motifs is 2. The second-order valence-corrected chi connectivity index (χ2v) is 8.67. The second-order valence-electron chi connectivity index (χ2n) is 8.67. The van der Waals surface area contributed by atoms with Gasteiger partial charge in [-0.25, -0.2) is 9.97 Å². The molecule has 0 spiro atoms. The first-order chi connectivity index (χ1) is 16.4. The van der Waals surface area contributed by atoms with Crippen molar-refractivity contribution < 1.29 is 9.53 Å². The van der Waals surface area contributed by atoms with Gasteiger partial charge in [0, 0.05) is 27.2 Å². The Morgan fingerprint density at radius 1 is 1.15 bits per heavy atom. The van der Waals surface area contributed by atoms with Gasteiger partial charge in [0.1, 0.15) is 17.6 Å². The molecule has 0 unspecified atom stereocenters. The van der Waals surface area contributed by atoms with Crippen molar-refractivity contribution in [3.8, 4) is 11.4 Å². The Morgan fingerprint density at radius 2 is 1.97 bits per heavy atom. The van der Waals surface area contributed by atoms with Crippen LogP contribution >= 0.6 is 0 Å². The summed E-state index contributed by atoms with van der Waals surface area (Å²) in [5, 5.41) is 3.32. The number of anilines is 2. The van der Waals surface area contributed by atoms with Crippen LogP contribution in [0.3, 0.4) is 0 Å². The molecule has 1 aliphatic heterocycles. The Balaban J connectivity index is 1.55. The van der Waals surface area contributed by atoms with Gasteiger partial charge in [0.05, 0.1) is 30.2 Å². The Bertz CT molecular complexity index is 1380. The minimum atomic E-state index is -0.0892. The van der Waals surface area contributed by atoms with E-state index in [9.17, 15) is 4.79 Å². The Hall–Kier alpha value is -3.98. The number of amides is 1.